The van der Waals surface area contributed by atoms with E-state index in [-0.39, 0.29) is 0 Å². The van der Waals surface area contributed by atoms with Crippen LogP contribution in [-0.4, -0.2) is 15.0 Å². The van der Waals surface area contributed by atoms with Crippen molar-refractivity contribution in [2.45, 2.75) is 0 Å². The van der Waals surface area contributed by atoms with Crippen LogP contribution >= 0.6 is 11.3 Å². The summed E-state index contributed by atoms with van der Waals surface area (Å²) in [5.41, 5.74) is 16.6. The fourth-order valence-electron chi connectivity index (χ4n) is 9.14. The van der Waals surface area contributed by atoms with E-state index in [2.05, 4.69) is 243 Å². The van der Waals surface area contributed by atoms with Crippen LogP contribution in [0.15, 0.2) is 249 Å². The Morgan fingerprint density at radius 1 is 0.209 bits per heavy atom. The molecule has 0 spiro atoms. The molecular formula is C63H41N3S. The zero-order valence-electron chi connectivity index (χ0n) is 36.4. The molecule has 0 atom stereocenters. The normalized spacial score (nSPS) is 11.3. The molecule has 4 heteroatoms. The molecule has 0 radical (unpaired) electrons. The Kier molecular flexibility index (Phi) is 10.4. The Bertz CT molecular complexity index is 3640. The third-order valence-electron chi connectivity index (χ3n) is 12.5. The van der Waals surface area contributed by atoms with E-state index in [0.717, 1.165) is 55.6 Å². The van der Waals surface area contributed by atoms with Crippen molar-refractivity contribution in [3.8, 4) is 101 Å². The number of nitrogens with zero attached hydrogens (tertiary/aromatic N) is 3. The molecule has 2 aromatic heterocycles. The number of hydrogen-bond acceptors (Lipinski definition) is 4. The Hall–Kier alpha value is -8.57. The van der Waals surface area contributed by atoms with Crippen molar-refractivity contribution in [1.29, 1.82) is 0 Å². The lowest BCUT2D eigenvalue weighted by Crippen LogP contribution is -2.01. The summed E-state index contributed by atoms with van der Waals surface area (Å²) in [5, 5.41) is 2.50. The summed E-state index contributed by atoms with van der Waals surface area (Å²) in [5.74, 6) is 1.84. The van der Waals surface area contributed by atoms with Gasteiger partial charge in [0, 0.05) is 42.4 Å². The van der Waals surface area contributed by atoms with E-state index in [4.69, 9.17) is 15.0 Å². The lowest BCUT2D eigenvalue weighted by atomic mass is 9.95. The van der Waals surface area contributed by atoms with E-state index >= 15 is 0 Å². The molecule has 0 N–H and O–H groups in total. The van der Waals surface area contributed by atoms with Crippen molar-refractivity contribution < 1.29 is 0 Å². The van der Waals surface area contributed by atoms with Gasteiger partial charge in [0.2, 0.25) is 0 Å². The van der Waals surface area contributed by atoms with Crippen LogP contribution < -0.4 is 0 Å². The minimum Gasteiger partial charge on any atom is -0.208 e. The van der Waals surface area contributed by atoms with Crippen molar-refractivity contribution in [2.75, 3.05) is 0 Å². The van der Waals surface area contributed by atoms with Crippen LogP contribution in [0.4, 0.5) is 0 Å². The molecule has 12 aromatic rings. The van der Waals surface area contributed by atoms with Crippen LogP contribution in [0.3, 0.4) is 0 Å². The average molecular weight is 872 g/mol. The predicted molar refractivity (Wildman–Crippen MR) is 282 cm³/mol. The van der Waals surface area contributed by atoms with Crippen LogP contribution in [-0.2, 0) is 0 Å². The maximum atomic E-state index is 5.33. The second-order valence-electron chi connectivity index (χ2n) is 16.8. The zero-order valence-corrected chi connectivity index (χ0v) is 37.2. The number of aromatic nitrogens is 3. The van der Waals surface area contributed by atoms with Gasteiger partial charge >= 0.3 is 0 Å². The van der Waals surface area contributed by atoms with Gasteiger partial charge < -0.3 is 0 Å². The van der Waals surface area contributed by atoms with Crippen LogP contribution in [0.1, 0.15) is 0 Å². The van der Waals surface area contributed by atoms with Gasteiger partial charge in [-0.1, -0.05) is 212 Å². The highest BCUT2D eigenvalue weighted by Crippen LogP contribution is 2.46. The fourth-order valence-corrected chi connectivity index (χ4v) is 10.5. The van der Waals surface area contributed by atoms with Gasteiger partial charge in [-0.2, -0.15) is 0 Å². The zero-order chi connectivity index (χ0) is 44.5. The predicted octanol–water partition coefficient (Wildman–Crippen LogP) is 17.2. The second-order valence-corrected chi connectivity index (χ2v) is 17.8. The molecule has 0 saturated carbocycles. The molecule has 0 amide bonds. The van der Waals surface area contributed by atoms with Gasteiger partial charge in [-0.05, 0) is 97.6 Å². The first-order valence-electron chi connectivity index (χ1n) is 22.6. The first kappa shape index (κ1) is 40.0. The van der Waals surface area contributed by atoms with E-state index in [1.165, 1.54) is 48.0 Å². The molecule has 2 heterocycles. The summed E-state index contributed by atoms with van der Waals surface area (Å²) in [6.07, 6.45) is 0. The van der Waals surface area contributed by atoms with Crippen LogP contribution in [0, 0.1) is 0 Å². The SMILES string of the molecule is c1ccc(-c2ccc(-c3nc(-c4cc(-c5ccccc5)cc(-c5ccccc5)c4)nc(-c4cccc(-c5cccc6c5sc5c(-c7ccccc7)cc(-c7ccccc7)cc56)c4)n3)cc2)cc1. The lowest BCUT2D eigenvalue weighted by molar-refractivity contribution is 1.07. The Balaban J connectivity index is 1.02. The molecule has 0 bridgehead atoms. The molecular weight excluding hydrogens is 831 g/mol. The highest BCUT2D eigenvalue weighted by molar-refractivity contribution is 7.26. The topological polar surface area (TPSA) is 38.7 Å². The number of rotatable bonds is 9. The number of fused-ring (bicyclic) bond motifs is 3. The van der Waals surface area contributed by atoms with Gasteiger partial charge in [0.05, 0.1) is 0 Å². The first-order chi connectivity index (χ1) is 33.2. The van der Waals surface area contributed by atoms with E-state index in [0.29, 0.717) is 17.5 Å². The van der Waals surface area contributed by atoms with Gasteiger partial charge in [0.1, 0.15) is 0 Å². The minimum absolute atomic E-state index is 0.613. The van der Waals surface area contributed by atoms with Crippen LogP contribution in [0.25, 0.3) is 121 Å². The Labute approximate surface area is 394 Å². The third-order valence-corrected chi connectivity index (χ3v) is 13.8. The molecule has 0 fully saturated rings. The summed E-state index contributed by atoms with van der Waals surface area (Å²) < 4.78 is 2.53. The van der Waals surface area contributed by atoms with Crippen molar-refractivity contribution in [3.63, 3.8) is 0 Å². The monoisotopic (exact) mass is 871 g/mol. The molecule has 0 aliphatic heterocycles. The Morgan fingerprint density at radius 3 is 1.15 bits per heavy atom. The maximum Gasteiger partial charge on any atom is 0.164 e. The third kappa shape index (κ3) is 7.90. The maximum absolute atomic E-state index is 5.33. The lowest BCUT2D eigenvalue weighted by Gasteiger charge is -2.13. The number of hydrogen-bond donors (Lipinski definition) is 0. The summed E-state index contributed by atoms with van der Waals surface area (Å²) in [7, 11) is 0. The molecule has 67 heavy (non-hydrogen) atoms. The Morgan fingerprint density at radius 2 is 0.582 bits per heavy atom. The first-order valence-corrected chi connectivity index (χ1v) is 23.4. The summed E-state index contributed by atoms with van der Waals surface area (Å²) in [6, 6.07) is 88.3. The van der Waals surface area contributed by atoms with Gasteiger partial charge in [-0.15, -0.1) is 11.3 Å². The largest absolute Gasteiger partial charge is 0.208 e. The average Bonchev–Trinajstić information content (AvgIpc) is 3.81. The van der Waals surface area contributed by atoms with Crippen molar-refractivity contribution in [1.82, 2.24) is 15.0 Å². The molecule has 0 aliphatic carbocycles. The van der Waals surface area contributed by atoms with E-state index in [1.807, 2.05) is 17.4 Å². The van der Waals surface area contributed by atoms with Crippen molar-refractivity contribution in [2.24, 2.45) is 0 Å². The molecule has 10 aromatic carbocycles. The van der Waals surface area contributed by atoms with Crippen LogP contribution in [0.5, 0.6) is 0 Å². The summed E-state index contributed by atoms with van der Waals surface area (Å²) >= 11 is 1.87. The van der Waals surface area contributed by atoms with Gasteiger partial charge in [0.15, 0.2) is 17.5 Å². The van der Waals surface area contributed by atoms with E-state index < -0.39 is 0 Å². The smallest absolute Gasteiger partial charge is 0.164 e. The van der Waals surface area contributed by atoms with E-state index in [1.54, 1.807) is 0 Å². The van der Waals surface area contributed by atoms with Gasteiger partial charge in [-0.3, -0.25) is 0 Å². The molecule has 314 valence electrons. The van der Waals surface area contributed by atoms with Crippen LogP contribution in [0.2, 0.25) is 0 Å². The molecule has 0 aliphatic rings. The van der Waals surface area contributed by atoms with Crippen molar-refractivity contribution >= 4 is 31.5 Å². The summed E-state index contributed by atoms with van der Waals surface area (Å²) in [4.78, 5) is 15.8. The standard InChI is InChI=1S/C63H41N3S/c1-6-18-42(19-7-1)46-32-34-48(35-33-46)61-64-62(66-63(65-61)54-38-51(43-20-8-2-9-21-43)37-52(39-54)44-22-10-3-11-23-44)50-29-16-28-49(36-50)55-30-17-31-56-58-41-53(45-24-12-4-13-25-45)40-57(60(58)67-59(55)56)47-26-14-5-15-27-47/h1-41H. The highest BCUT2D eigenvalue weighted by atomic mass is 32.1. The number of benzene rings is 10. The number of thiophene rings is 1. The minimum atomic E-state index is 0.613. The molecule has 12 rings (SSSR count). The molecule has 0 unspecified atom stereocenters. The summed E-state index contributed by atoms with van der Waals surface area (Å²) in [6.45, 7) is 0. The quantitative estimate of drug-likeness (QED) is 0.145. The highest BCUT2D eigenvalue weighted by Gasteiger charge is 2.19. The fraction of sp³-hybridized carbons (Fsp3) is 0. The molecule has 0 saturated heterocycles. The molecule has 3 nitrogen and oxygen atoms in total. The van der Waals surface area contributed by atoms with E-state index in [9.17, 15) is 0 Å². The van der Waals surface area contributed by atoms with Gasteiger partial charge in [0.25, 0.3) is 0 Å². The van der Waals surface area contributed by atoms with Gasteiger partial charge in [-0.25, -0.2) is 15.0 Å². The van der Waals surface area contributed by atoms with Crippen molar-refractivity contribution in [3.05, 3.63) is 249 Å². The second kappa shape index (κ2) is 17.4.